The number of nitrogens with zero attached hydrogens (tertiary/aromatic N) is 1. The summed E-state index contributed by atoms with van der Waals surface area (Å²) in [5.41, 5.74) is 2.37. The molecular formula is C19H22N3OS2+. The molecule has 2 aromatic heterocycles. The second kappa shape index (κ2) is 6.52. The Morgan fingerprint density at radius 2 is 2.08 bits per heavy atom. The van der Waals surface area contributed by atoms with Crippen molar-refractivity contribution in [3.63, 3.8) is 0 Å². The third kappa shape index (κ3) is 2.99. The molecular weight excluding hydrogens is 350 g/mol. The van der Waals surface area contributed by atoms with Gasteiger partial charge in [-0.2, -0.15) is 0 Å². The molecule has 1 aliphatic rings. The topological polar surface area (TPSA) is 42.2 Å². The number of nitrogens with one attached hydrogen (secondary N) is 2. The Morgan fingerprint density at radius 1 is 1.32 bits per heavy atom. The quantitative estimate of drug-likeness (QED) is 0.694. The van der Waals surface area contributed by atoms with E-state index >= 15 is 0 Å². The lowest BCUT2D eigenvalue weighted by molar-refractivity contribution is -0.936. The van der Waals surface area contributed by atoms with Gasteiger partial charge in [0, 0.05) is 6.42 Å². The highest BCUT2D eigenvalue weighted by atomic mass is 32.1. The highest BCUT2D eigenvalue weighted by Gasteiger charge is 2.27. The molecule has 2 N–H and O–H groups in total. The summed E-state index contributed by atoms with van der Waals surface area (Å²) < 4.78 is 2.20. The van der Waals surface area contributed by atoms with Crippen molar-refractivity contribution in [2.45, 2.75) is 39.4 Å². The van der Waals surface area contributed by atoms with Crippen LogP contribution in [-0.2, 0) is 19.5 Å². The number of hydrogen-bond donors (Lipinski definition) is 2. The second-order valence-electron chi connectivity index (χ2n) is 7.00. The van der Waals surface area contributed by atoms with Crippen LogP contribution in [0.4, 0.5) is 0 Å². The fourth-order valence-electron chi connectivity index (χ4n) is 3.61. The molecule has 0 radical (unpaired) electrons. The highest BCUT2D eigenvalue weighted by Crippen LogP contribution is 2.29. The number of quaternary nitrogens is 1. The van der Waals surface area contributed by atoms with Crippen molar-refractivity contribution in [2.24, 2.45) is 0 Å². The molecule has 1 aromatic carbocycles. The molecule has 130 valence electrons. The first-order chi connectivity index (χ1) is 12.0. The van der Waals surface area contributed by atoms with Crippen LogP contribution in [0.2, 0.25) is 0 Å². The standard InChI is InChI=1S/C19H21N3OS2/c1-12(2)21-9-8-14-15(11-21)25-17-16(14)18(23)22(19(24)20-17)10-13-6-4-3-5-7-13/h3-7,12H,8-11H2,1-2H3,(H,20,24)/p+1. The van der Waals surface area contributed by atoms with Gasteiger partial charge in [-0.25, -0.2) is 0 Å². The van der Waals surface area contributed by atoms with E-state index in [4.69, 9.17) is 12.2 Å². The number of benzene rings is 1. The number of H-pyrrole nitrogens is 1. The van der Waals surface area contributed by atoms with Gasteiger partial charge < -0.3 is 9.88 Å². The van der Waals surface area contributed by atoms with Crippen LogP contribution in [0.25, 0.3) is 10.2 Å². The van der Waals surface area contributed by atoms with E-state index in [9.17, 15) is 4.79 Å². The van der Waals surface area contributed by atoms with Crippen molar-refractivity contribution >= 4 is 33.8 Å². The molecule has 0 spiro atoms. The van der Waals surface area contributed by atoms with Crippen LogP contribution in [0.5, 0.6) is 0 Å². The molecule has 0 aliphatic carbocycles. The first-order valence-electron chi connectivity index (χ1n) is 8.70. The van der Waals surface area contributed by atoms with Gasteiger partial charge in [-0.1, -0.05) is 30.3 Å². The molecule has 1 unspecified atom stereocenters. The van der Waals surface area contributed by atoms with Crippen LogP contribution in [0.3, 0.4) is 0 Å². The molecule has 0 bridgehead atoms. The summed E-state index contributed by atoms with van der Waals surface area (Å²) >= 11 is 7.19. The molecule has 3 heterocycles. The van der Waals surface area contributed by atoms with E-state index in [0.29, 0.717) is 17.4 Å². The van der Waals surface area contributed by atoms with Gasteiger partial charge in [-0.05, 0) is 37.2 Å². The molecule has 4 rings (SSSR count). The van der Waals surface area contributed by atoms with Gasteiger partial charge in [0.25, 0.3) is 5.56 Å². The van der Waals surface area contributed by atoms with Gasteiger partial charge >= 0.3 is 0 Å². The molecule has 1 aliphatic heterocycles. The van der Waals surface area contributed by atoms with Crippen LogP contribution in [0.1, 0.15) is 29.9 Å². The summed E-state index contributed by atoms with van der Waals surface area (Å²) in [5, 5.41) is 0.854. The van der Waals surface area contributed by atoms with E-state index in [2.05, 4.69) is 18.8 Å². The summed E-state index contributed by atoms with van der Waals surface area (Å²) in [7, 11) is 0. The van der Waals surface area contributed by atoms with E-state index in [1.807, 2.05) is 30.3 Å². The molecule has 6 heteroatoms. The lowest BCUT2D eigenvalue weighted by atomic mass is 10.0. The van der Waals surface area contributed by atoms with Gasteiger partial charge in [0.2, 0.25) is 0 Å². The summed E-state index contributed by atoms with van der Waals surface area (Å²) in [5.74, 6) is 0. The van der Waals surface area contributed by atoms with Gasteiger partial charge in [0.1, 0.15) is 11.4 Å². The summed E-state index contributed by atoms with van der Waals surface area (Å²) in [6, 6.07) is 10.6. The Balaban J connectivity index is 1.83. The Labute approximate surface area is 155 Å². The van der Waals surface area contributed by atoms with Crippen molar-refractivity contribution in [1.82, 2.24) is 9.55 Å². The van der Waals surface area contributed by atoms with Gasteiger partial charge in [0.15, 0.2) is 4.77 Å². The maximum Gasteiger partial charge on any atom is 0.263 e. The molecule has 25 heavy (non-hydrogen) atoms. The monoisotopic (exact) mass is 372 g/mol. The number of hydrogen-bond acceptors (Lipinski definition) is 3. The Kier molecular flexibility index (Phi) is 4.35. The SMILES string of the molecule is CC(C)[NH+]1CCc2c(sc3[nH]c(=S)n(Cc4ccccc4)c(=O)c23)C1. The van der Waals surface area contributed by atoms with E-state index < -0.39 is 0 Å². The third-order valence-electron chi connectivity index (χ3n) is 5.10. The van der Waals surface area contributed by atoms with Crippen LogP contribution >= 0.6 is 23.6 Å². The summed E-state index contributed by atoms with van der Waals surface area (Å²) in [6.07, 6.45) is 0.966. The molecule has 1 atom stereocenters. The summed E-state index contributed by atoms with van der Waals surface area (Å²) in [4.78, 5) is 20.3. The minimum absolute atomic E-state index is 0.0492. The van der Waals surface area contributed by atoms with Crippen molar-refractivity contribution in [2.75, 3.05) is 6.54 Å². The molecule has 0 saturated heterocycles. The number of fused-ring (bicyclic) bond motifs is 3. The van der Waals surface area contributed by atoms with Crippen LogP contribution in [0.15, 0.2) is 35.1 Å². The average Bonchev–Trinajstić information content (AvgIpc) is 2.96. The molecule has 0 saturated carbocycles. The van der Waals surface area contributed by atoms with Crippen LogP contribution < -0.4 is 10.5 Å². The Hall–Kier alpha value is -1.76. The van der Waals surface area contributed by atoms with Crippen LogP contribution in [0, 0.1) is 4.77 Å². The number of aromatic nitrogens is 2. The van der Waals surface area contributed by atoms with Gasteiger partial charge in [-0.3, -0.25) is 9.36 Å². The first kappa shape index (κ1) is 16.7. The van der Waals surface area contributed by atoms with Gasteiger partial charge in [-0.15, -0.1) is 11.3 Å². The first-order valence-corrected chi connectivity index (χ1v) is 9.93. The Bertz CT molecular complexity index is 1030. The number of rotatable bonds is 3. The van der Waals surface area contributed by atoms with E-state index in [-0.39, 0.29) is 5.56 Å². The minimum atomic E-state index is 0.0492. The Morgan fingerprint density at radius 3 is 2.80 bits per heavy atom. The molecule has 4 nitrogen and oxygen atoms in total. The normalized spacial score (nSPS) is 17.2. The fourth-order valence-corrected chi connectivity index (χ4v) is 5.21. The minimum Gasteiger partial charge on any atom is -0.328 e. The highest BCUT2D eigenvalue weighted by molar-refractivity contribution is 7.71. The predicted octanol–water partition coefficient (Wildman–Crippen LogP) is 2.52. The van der Waals surface area contributed by atoms with Crippen molar-refractivity contribution in [1.29, 1.82) is 0 Å². The van der Waals surface area contributed by atoms with E-state index in [1.165, 1.54) is 10.4 Å². The van der Waals surface area contributed by atoms with Crippen molar-refractivity contribution in [3.05, 3.63) is 61.5 Å². The lowest BCUT2D eigenvalue weighted by Crippen LogP contribution is -3.14. The average molecular weight is 373 g/mol. The third-order valence-corrected chi connectivity index (χ3v) is 6.57. The summed E-state index contributed by atoms with van der Waals surface area (Å²) in [6.45, 7) is 7.12. The lowest BCUT2D eigenvalue weighted by Gasteiger charge is -2.27. The van der Waals surface area contributed by atoms with Crippen molar-refractivity contribution in [3.8, 4) is 0 Å². The molecule has 0 fully saturated rings. The number of thiophene rings is 1. The maximum absolute atomic E-state index is 13.2. The number of aromatic amines is 1. The zero-order valence-corrected chi connectivity index (χ0v) is 16.1. The van der Waals surface area contributed by atoms with Crippen molar-refractivity contribution < 1.29 is 4.90 Å². The van der Waals surface area contributed by atoms with E-state index in [1.54, 1.807) is 20.8 Å². The zero-order valence-electron chi connectivity index (χ0n) is 14.5. The second-order valence-corrected chi connectivity index (χ2v) is 8.50. The predicted molar refractivity (Wildman–Crippen MR) is 105 cm³/mol. The van der Waals surface area contributed by atoms with Crippen LogP contribution in [-0.4, -0.2) is 22.1 Å². The van der Waals surface area contributed by atoms with E-state index in [0.717, 1.165) is 35.3 Å². The molecule has 0 amide bonds. The van der Waals surface area contributed by atoms with Gasteiger partial charge in [0.05, 0.1) is 29.4 Å². The largest absolute Gasteiger partial charge is 0.328 e. The maximum atomic E-state index is 13.2. The smallest absolute Gasteiger partial charge is 0.263 e. The fraction of sp³-hybridized carbons (Fsp3) is 0.368. The zero-order chi connectivity index (χ0) is 17.6. The molecule has 3 aromatic rings.